The highest BCUT2D eigenvalue weighted by atomic mass is 35.5. The minimum atomic E-state index is -1.15. The zero-order chi connectivity index (χ0) is 18.7. The van der Waals surface area contributed by atoms with Gasteiger partial charge in [0.05, 0.1) is 23.1 Å². The first kappa shape index (κ1) is 19.0. The summed E-state index contributed by atoms with van der Waals surface area (Å²) in [5.74, 6) is -0.337. The van der Waals surface area contributed by atoms with Crippen LogP contribution in [0.1, 0.15) is 24.8 Å². The molecule has 3 rings (SSSR count). The number of thioether (sulfide) groups is 1. The van der Waals surface area contributed by atoms with E-state index in [2.05, 4.69) is 0 Å². The Bertz CT molecular complexity index is 796. The van der Waals surface area contributed by atoms with Gasteiger partial charge in [-0.15, -0.1) is 0 Å². The van der Waals surface area contributed by atoms with E-state index in [1.165, 1.54) is 16.7 Å². The highest BCUT2D eigenvalue weighted by molar-refractivity contribution is 8.26. The van der Waals surface area contributed by atoms with E-state index < -0.39 is 5.97 Å². The number of carboxylic acids is 1. The predicted octanol–water partition coefficient (Wildman–Crippen LogP) is 2.23. The van der Waals surface area contributed by atoms with Crippen molar-refractivity contribution in [3.63, 3.8) is 0 Å². The van der Waals surface area contributed by atoms with Gasteiger partial charge >= 0.3 is 0 Å². The van der Waals surface area contributed by atoms with Crippen LogP contribution in [0.3, 0.4) is 0 Å². The molecule has 0 bridgehead atoms. The van der Waals surface area contributed by atoms with Crippen molar-refractivity contribution < 1.29 is 24.2 Å². The van der Waals surface area contributed by atoms with Gasteiger partial charge in [0.1, 0.15) is 4.32 Å². The number of fused-ring (bicyclic) bond motifs is 1. The molecule has 1 aromatic carbocycles. The number of benzene rings is 1. The van der Waals surface area contributed by atoms with Gasteiger partial charge in [-0.2, -0.15) is 0 Å². The van der Waals surface area contributed by atoms with Crippen LogP contribution < -0.4 is 14.6 Å². The molecule has 138 valence electrons. The predicted molar refractivity (Wildman–Crippen MR) is 101 cm³/mol. The monoisotopic (exact) mass is 412 g/mol. The summed E-state index contributed by atoms with van der Waals surface area (Å²) in [4.78, 5) is 24.9. The summed E-state index contributed by atoms with van der Waals surface area (Å²) in [5.41, 5.74) is 0.703. The molecule has 26 heavy (non-hydrogen) atoms. The Hall–Kier alpha value is -1.77. The second kappa shape index (κ2) is 8.28. The van der Waals surface area contributed by atoms with Gasteiger partial charge < -0.3 is 19.4 Å². The van der Waals surface area contributed by atoms with E-state index in [4.69, 9.17) is 33.3 Å². The summed E-state index contributed by atoms with van der Waals surface area (Å²) < 4.78 is 11.6. The van der Waals surface area contributed by atoms with Gasteiger partial charge in [-0.1, -0.05) is 35.6 Å². The average molecular weight is 413 g/mol. The van der Waals surface area contributed by atoms with Crippen molar-refractivity contribution in [3.8, 4) is 11.5 Å². The van der Waals surface area contributed by atoms with E-state index in [0.29, 0.717) is 44.5 Å². The number of nitrogens with zero attached hydrogens (tertiary/aromatic N) is 1. The van der Waals surface area contributed by atoms with Gasteiger partial charge in [0.25, 0.3) is 5.91 Å². The van der Waals surface area contributed by atoms with Crippen LogP contribution in [0.15, 0.2) is 17.0 Å². The maximum absolute atomic E-state index is 12.5. The Morgan fingerprint density at radius 3 is 2.92 bits per heavy atom. The molecule has 0 aromatic heterocycles. The number of hydrogen-bond donors (Lipinski definition) is 0. The maximum Gasteiger partial charge on any atom is 0.266 e. The van der Waals surface area contributed by atoms with Crippen molar-refractivity contribution in [2.24, 2.45) is 0 Å². The Kier molecular flexibility index (Phi) is 6.05. The Morgan fingerprint density at radius 1 is 1.38 bits per heavy atom. The first-order chi connectivity index (χ1) is 12.5. The lowest BCUT2D eigenvalue weighted by atomic mass is 10.1. The highest BCUT2D eigenvalue weighted by Crippen LogP contribution is 2.40. The van der Waals surface area contributed by atoms with Gasteiger partial charge in [-0.05, 0) is 36.6 Å². The number of carbonyl (C=O) groups excluding carboxylic acids is 2. The molecule has 2 aliphatic rings. The van der Waals surface area contributed by atoms with Crippen molar-refractivity contribution in [3.05, 3.63) is 27.6 Å². The van der Waals surface area contributed by atoms with Crippen LogP contribution >= 0.6 is 35.6 Å². The third kappa shape index (κ3) is 4.31. The molecule has 1 fully saturated rings. The normalized spacial score (nSPS) is 18.3. The van der Waals surface area contributed by atoms with E-state index in [-0.39, 0.29) is 25.3 Å². The summed E-state index contributed by atoms with van der Waals surface area (Å²) in [6.07, 6.45) is 2.63. The standard InChI is InChI=1S/C17H16ClNO5S2/c18-11-7-10(8-12-15(11)24-6-2-5-23-12)9-13-16(22)19(17(25)26-13)4-1-3-14(20)21/h7-9H,1-6H2,(H,20,21)/p-1/b13-9+. The van der Waals surface area contributed by atoms with E-state index in [1.54, 1.807) is 18.2 Å². The second-order valence-electron chi connectivity index (χ2n) is 5.69. The fourth-order valence-electron chi connectivity index (χ4n) is 2.56. The Morgan fingerprint density at radius 2 is 2.15 bits per heavy atom. The van der Waals surface area contributed by atoms with Crippen molar-refractivity contribution in [2.75, 3.05) is 19.8 Å². The summed E-state index contributed by atoms with van der Waals surface area (Å²) in [7, 11) is 0. The summed E-state index contributed by atoms with van der Waals surface area (Å²) >= 11 is 12.7. The average Bonchev–Trinajstić information content (AvgIpc) is 2.77. The lowest BCUT2D eigenvalue weighted by molar-refractivity contribution is -0.305. The quantitative estimate of drug-likeness (QED) is 0.542. The number of halogens is 1. The molecule has 9 heteroatoms. The molecule has 2 heterocycles. The van der Waals surface area contributed by atoms with Gasteiger partial charge in [0.15, 0.2) is 11.5 Å². The minimum Gasteiger partial charge on any atom is -0.550 e. The van der Waals surface area contributed by atoms with Crippen LogP contribution in [0.5, 0.6) is 11.5 Å². The number of ether oxygens (including phenoxy) is 2. The highest BCUT2D eigenvalue weighted by Gasteiger charge is 2.31. The molecule has 0 N–H and O–H groups in total. The molecule has 6 nitrogen and oxygen atoms in total. The summed E-state index contributed by atoms with van der Waals surface area (Å²) in [5, 5.41) is 10.9. The number of rotatable bonds is 5. The van der Waals surface area contributed by atoms with Crippen LogP contribution in [-0.4, -0.2) is 40.9 Å². The Labute approximate surface area is 165 Å². The van der Waals surface area contributed by atoms with Gasteiger partial charge in [-0.3, -0.25) is 9.69 Å². The molecule has 0 unspecified atom stereocenters. The van der Waals surface area contributed by atoms with Crippen molar-refractivity contribution in [1.29, 1.82) is 0 Å². The number of carboxylic acid groups (broad SMARTS) is 1. The molecule has 2 aliphatic heterocycles. The van der Waals surface area contributed by atoms with Crippen LogP contribution in [0.4, 0.5) is 0 Å². The van der Waals surface area contributed by atoms with Crippen LogP contribution in [-0.2, 0) is 9.59 Å². The molecule has 0 radical (unpaired) electrons. The number of hydrogen-bond acceptors (Lipinski definition) is 7. The molecule has 0 aliphatic carbocycles. The van der Waals surface area contributed by atoms with Crippen LogP contribution in [0.25, 0.3) is 6.08 Å². The second-order valence-corrected chi connectivity index (χ2v) is 7.77. The molecule has 0 saturated carbocycles. The van der Waals surface area contributed by atoms with Gasteiger partial charge in [0, 0.05) is 18.9 Å². The minimum absolute atomic E-state index is 0.117. The van der Waals surface area contributed by atoms with E-state index >= 15 is 0 Å². The number of amides is 1. The first-order valence-corrected chi connectivity index (χ1v) is 9.60. The zero-order valence-electron chi connectivity index (χ0n) is 13.7. The van der Waals surface area contributed by atoms with Crippen molar-refractivity contribution in [2.45, 2.75) is 19.3 Å². The van der Waals surface area contributed by atoms with Crippen molar-refractivity contribution >= 4 is 57.9 Å². The van der Waals surface area contributed by atoms with Gasteiger partial charge in [0.2, 0.25) is 0 Å². The zero-order valence-corrected chi connectivity index (χ0v) is 16.0. The van der Waals surface area contributed by atoms with Crippen LogP contribution in [0.2, 0.25) is 5.02 Å². The Balaban J connectivity index is 1.79. The van der Waals surface area contributed by atoms with Gasteiger partial charge in [-0.25, -0.2) is 0 Å². The first-order valence-electron chi connectivity index (χ1n) is 8.00. The number of carbonyl (C=O) groups is 2. The lowest BCUT2D eigenvalue weighted by Gasteiger charge is -2.14. The number of aliphatic carboxylic acids is 1. The number of thiocarbonyl (C=S) groups is 1. The molecule has 0 spiro atoms. The summed E-state index contributed by atoms with van der Waals surface area (Å²) in [6, 6.07) is 3.48. The fraction of sp³-hybridized carbons (Fsp3) is 0.353. The molecule has 1 saturated heterocycles. The molecular weight excluding hydrogens is 398 g/mol. The molecular formula is C17H15ClNO5S2-. The van der Waals surface area contributed by atoms with Crippen molar-refractivity contribution in [1.82, 2.24) is 4.90 Å². The smallest absolute Gasteiger partial charge is 0.266 e. The summed E-state index contributed by atoms with van der Waals surface area (Å²) in [6.45, 7) is 1.32. The molecule has 0 atom stereocenters. The lowest BCUT2D eigenvalue weighted by Crippen LogP contribution is -2.30. The fourth-order valence-corrected chi connectivity index (χ4v) is 4.14. The van der Waals surface area contributed by atoms with E-state index in [0.717, 1.165) is 6.42 Å². The third-order valence-corrected chi connectivity index (χ3v) is 5.42. The van der Waals surface area contributed by atoms with Crippen LogP contribution in [0, 0.1) is 0 Å². The maximum atomic E-state index is 12.5. The largest absolute Gasteiger partial charge is 0.550 e. The topological polar surface area (TPSA) is 78.9 Å². The van der Waals surface area contributed by atoms with E-state index in [9.17, 15) is 14.7 Å². The third-order valence-electron chi connectivity index (χ3n) is 3.76. The molecule has 1 aromatic rings. The molecule has 1 amide bonds. The SMILES string of the molecule is O=C([O-])CCCN1C(=O)/C(=C\c2cc(Cl)c3c(c2)OCCCO3)SC1=S. The van der Waals surface area contributed by atoms with E-state index in [1.807, 2.05) is 0 Å².